The van der Waals surface area contributed by atoms with Crippen LogP contribution in [0.5, 0.6) is 5.75 Å². The molecule has 1 aliphatic rings. The molecule has 2 heterocycles. The number of phenolic OH excluding ortho intramolecular Hbond substituents is 1. The van der Waals surface area contributed by atoms with E-state index in [1.165, 1.54) is 0 Å². The maximum absolute atomic E-state index is 12.7. The Bertz CT molecular complexity index is 956. The predicted molar refractivity (Wildman–Crippen MR) is 103 cm³/mol. The third-order valence-corrected chi connectivity index (χ3v) is 4.56. The second-order valence-electron chi connectivity index (χ2n) is 5.86. The van der Waals surface area contributed by atoms with Crippen LogP contribution in [-0.2, 0) is 11.8 Å². The Morgan fingerprint density at radius 1 is 1.04 bits per heavy atom. The average molecular weight is 340 g/mol. The molecule has 0 spiro atoms. The van der Waals surface area contributed by atoms with Gasteiger partial charge in [0.05, 0.1) is 29.6 Å². The van der Waals surface area contributed by atoms with Crippen LogP contribution < -0.4 is 10.3 Å². The van der Waals surface area contributed by atoms with Crippen LogP contribution >= 0.6 is 0 Å². The summed E-state index contributed by atoms with van der Waals surface area (Å²) in [6.07, 6.45) is 0. The molecule has 132 valence electrons. The van der Waals surface area contributed by atoms with Crippen molar-refractivity contribution in [3.05, 3.63) is 46.6 Å². The number of hydrogen-bond donors (Lipinski definition) is 1. The predicted octanol–water partition coefficient (Wildman–Crippen LogP) is 3.26. The van der Waals surface area contributed by atoms with E-state index >= 15 is 0 Å². The molecule has 0 unspecified atom stereocenters. The fourth-order valence-electron chi connectivity index (χ4n) is 3.32. The van der Waals surface area contributed by atoms with Crippen molar-refractivity contribution in [1.29, 1.82) is 0 Å². The summed E-state index contributed by atoms with van der Waals surface area (Å²) in [6.45, 7) is 6.92. The maximum atomic E-state index is 12.7. The third kappa shape index (κ3) is 2.96. The Morgan fingerprint density at radius 2 is 1.72 bits per heavy atom. The van der Waals surface area contributed by atoms with Gasteiger partial charge in [-0.2, -0.15) is 0 Å². The first-order valence-corrected chi connectivity index (χ1v) is 8.74. The number of ether oxygens (including phenoxy) is 1. The van der Waals surface area contributed by atoms with Crippen molar-refractivity contribution < 1.29 is 9.84 Å². The van der Waals surface area contributed by atoms with Gasteiger partial charge in [0.25, 0.3) is 0 Å². The summed E-state index contributed by atoms with van der Waals surface area (Å²) in [7, 11) is 1.92. The molecule has 4 rings (SSSR count). The summed E-state index contributed by atoms with van der Waals surface area (Å²) in [5, 5.41) is 11.5. The lowest BCUT2D eigenvalue weighted by atomic mass is 10.1. The molecule has 1 aliphatic heterocycles. The monoisotopic (exact) mass is 340 g/mol. The summed E-state index contributed by atoms with van der Waals surface area (Å²) in [5.41, 5.74) is 2.40. The molecule has 0 saturated carbocycles. The summed E-state index contributed by atoms with van der Waals surface area (Å²) >= 11 is 0. The van der Waals surface area contributed by atoms with Gasteiger partial charge >= 0.3 is 0 Å². The number of hydrogen-bond acceptors (Lipinski definition) is 4. The van der Waals surface area contributed by atoms with E-state index in [2.05, 4.69) is 4.90 Å². The minimum Gasteiger partial charge on any atom is -0.507 e. The van der Waals surface area contributed by atoms with Gasteiger partial charge in [-0.05, 0) is 18.2 Å². The van der Waals surface area contributed by atoms with Crippen LogP contribution in [0.15, 0.2) is 41.2 Å². The number of morpholine rings is 1. The molecule has 0 aliphatic carbocycles. The van der Waals surface area contributed by atoms with Crippen molar-refractivity contribution in [2.75, 3.05) is 31.2 Å². The van der Waals surface area contributed by atoms with Gasteiger partial charge in [0.15, 0.2) is 0 Å². The SMILES string of the molecule is CC.Cn1c2ccccc2c(=O)c2c(O)cc(N3CCOCC3)cc21. The van der Waals surface area contributed by atoms with Gasteiger partial charge in [-0.15, -0.1) is 0 Å². The van der Waals surface area contributed by atoms with E-state index in [4.69, 9.17) is 4.74 Å². The molecule has 5 heteroatoms. The topological polar surface area (TPSA) is 54.7 Å². The molecular weight excluding hydrogens is 316 g/mol. The molecule has 0 radical (unpaired) electrons. The molecule has 1 N–H and O–H groups in total. The molecule has 0 atom stereocenters. The molecular formula is C20H24N2O3. The summed E-state index contributed by atoms with van der Waals surface area (Å²) in [4.78, 5) is 14.9. The smallest absolute Gasteiger partial charge is 0.200 e. The minimum atomic E-state index is -0.125. The lowest BCUT2D eigenvalue weighted by Gasteiger charge is -2.29. The van der Waals surface area contributed by atoms with E-state index in [1.807, 2.05) is 49.7 Å². The number of aromatic hydroxyl groups is 1. The summed E-state index contributed by atoms with van der Waals surface area (Å²) in [6, 6.07) is 11.1. The second kappa shape index (κ2) is 7.15. The van der Waals surface area contributed by atoms with Crippen LogP contribution in [0.25, 0.3) is 21.8 Å². The average Bonchev–Trinajstić information content (AvgIpc) is 2.68. The molecule has 1 fully saturated rings. The van der Waals surface area contributed by atoms with E-state index in [1.54, 1.807) is 12.1 Å². The zero-order valence-electron chi connectivity index (χ0n) is 15.0. The molecule has 3 aromatic rings. The number of nitrogens with zero attached hydrogens (tertiary/aromatic N) is 2. The first-order valence-electron chi connectivity index (χ1n) is 8.74. The number of para-hydroxylation sites is 1. The van der Waals surface area contributed by atoms with Crippen LogP contribution in [0.3, 0.4) is 0 Å². The molecule has 2 aromatic carbocycles. The number of rotatable bonds is 1. The molecule has 1 aromatic heterocycles. The van der Waals surface area contributed by atoms with Crippen LogP contribution in [-0.4, -0.2) is 36.0 Å². The zero-order chi connectivity index (χ0) is 18.0. The highest BCUT2D eigenvalue weighted by Crippen LogP contribution is 2.31. The summed E-state index contributed by atoms with van der Waals surface area (Å²) < 4.78 is 7.35. The first kappa shape index (κ1) is 17.3. The van der Waals surface area contributed by atoms with Crippen LogP contribution in [0, 0.1) is 0 Å². The lowest BCUT2D eigenvalue weighted by molar-refractivity contribution is 0.122. The van der Waals surface area contributed by atoms with Gasteiger partial charge in [0.2, 0.25) is 5.43 Å². The quantitative estimate of drug-likeness (QED) is 0.691. The van der Waals surface area contributed by atoms with Crippen molar-refractivity contribution in [2.45, 2.75) is 13.8 Å². The Labute approximate surface area is 147 Å². The molecule has 0 bridgehead atoms. The number of phenols is 1. The third-order valence-electron chi connectivity index (χ3n) is 4.56. The van der Waals surface area contributed by atoms with E-state index in [0.29, 0.717) is 24.0 Å². The normalized spacial score (nSPS) is 14.4. The van der Waals surface area contributed by atoms with Gasteiger partial charge in [0, 0.05) is 37.3 Å². The highest BCUT2D eigenvalue weighted by atomic mass is 16.5. The van der Waals surface area contributed by atoms with E-state index in [9.17, 15) is 9.90 Å². The maximum Gasteiger partial charge on any atom is 0.200 e. The largest absolute Gasteiger partial charge is 0.507 e. The summed E-state index contributed by atoms with van der Waals surface area (Å²) in [5.74, 6) is 0.0374. The molecule has 5 nitrogen and oxygen atoms in total. The number of fused-ring (bicyclic) bond motifs is 2. The lowest BCUT2D eigenvalue weighted by Crippen LogP contribution is -2.36. The van der Waals surface area contributed by atoms with Crippen molar-refractivity contribution in [3.8, 4) is 5.75 Å². The zero-order valence-corrected chi connectivity index (χ0v) is 15.0. The molecule has 25 heavy (non-hydrogen) atoms. The molecule has 0 amide bonds. The van der Waals surface area contributed by atoms with Crippen molar-refractivity contribution in [2.24, 2.45) is 7.05 Å². The fourth-order valence-corrected chi connectivity index (χ4v) is 3.32. The Balaban J connectivity index is 0.000000880. The first-order chi connectivity index (χ1) is 12.2. The van der Waals surface area contributed by atoms with Gasteiger partial charge in [-0.25, -0.2) is 0 Å². The fraction of sp³-hybridized carbons (Fsp3) is 0.350. The Hall–Kier alpha value is -2.53. The van der Waals surface area contributed by atoms with Gasteiger partial charge < -0.3 is 19.3 Å². The number of aromatic nitrogens is 1. The number of benzene rings is 2. The van der Waals surface area contributed by atoms with Crippen molar-refractivity contribution in [1.82, 2.24) is 4.57 Å². The Kier molecular flexibility index (Phi) is 4.95. The van der Waals surface area contributed by atoms with Crippen LogP contribution in [0.2, 0.25) is 0 Å². The van der Waals surface area contributed by atoms with E-state index < -0.39 is 0 Å². The highest BCUT2D eigenvalue weighted by molar-refractivity contribution is 5.98. The minimum absolute atomic E-state index is 0.0374. The van der Waals surface area contributed by atoms with Crippen molar-refractivity contribution in [3.63, 3.8) is 0 Å². The second-order valence-corrected chi connectivity index (χ2v) is 5.86. The molecule has 1 saturated heterocycles. The van der Waals surface area contributed by atoms with Gasteiger partial charge in [0.1, 0.15) is 5.75 Å². The van der Waals surface area contributed by atoms with E-state index in [0.717, 1.165) is 29.8 Å². The van der Waals surface area contributed by atoms with Crippen LogP contribution in [0.4, 0.5) is 5.69 Å². The van der Waals surface area contributed by atoms with Gasteiger partial charge in [-0.3, -0.25) is 4.79 Å². The number of aryl methyl sites for hydroxylation is 1. The number of anilines is 1. The van der Waals surface area contributed by atoms with E-state index in [-0.39, 0.29) is 11.2 Å². The van der Waals surface area contributed by atoms with Crippen molar-refractivity contribution >= 4 is 27.5 Å². The standard InChI is InChI=1S/C18H18N2O3.C2H6/c1-19-14-5-3-2-4-13(14)18(22)17-15(19)10-12(11-16(17)21)20-6-8-23-9-7-20;1-2/h2-5,10-11,21H,6-9H2,1H3;1-2H3. The number of pyridine rings is 1. The highest BCUT2D eigenvalue weighted by Gasteiger charge is 2.17. The van der Waals surface area contributed by atoms with Crippen LogP contribution in [0.1, 0.15) is 13.8 Å². The van der Waals surface area contributed by atoms with Gasteiger partial charge in [-0.1, -0.05) is 26.0 Å². The Morgan fingerprint density at radius 3 is 2.44 bits per heavy atom.